The van der Waals surface area contributed by atoms with Crippen molar-refractivity contribution in [3.63, 3.8) is 0 Å². The highest BCUT2D eigenvalue weighted by molar-refractivity contribution is 8.26. The van der Waals surface area contributed by atoms with Crippen molar-refractivity contribution in [3.8, 4) is 0 Å². The molecule has 0 unspecified atom stereocenters. The van der Waals surface area contributed by atoms with Crippen molar-refractivity contribution in [2.24, 2.45) is 0 Å². The number of hydrazine groups is 1. The maximum absolute atomic E-state index is 12.2. The Morgan fingerprint density at radius 1 is 1.56 bits per heavy atom. The summed E-state index contributed by atoms with van der Waals surface area (Å²) < 4.78 is 9.97. The molecule has 0 radical (unpaired) electrons. The van der Waals surface area contributed by atoms with Gasteiger partial charge in [-0.1, -0.05) is 30.1 Å². The maximum atomic E-state index is 12.2. The molecule has 0 atom stereocenters. The van der Waals surface area contributed by atoms with Crippen molar-refractivity contribution in [1.29, 1.82) is 0 Å². The molecule has 9 nitrogen and oxygen atoms in total. The van der Waals surface area contributed by atoms with Crippen LogP contribution in [0.1, 0.15) is 12.7 Å². The highest BCUT2D eigenvalue weighted by Crippen LogP contribution is 2.29. The molecule has 2 heterocycles. The van der Waals surface area contributed by atoms with Crippen molar-refractivity contribution < 1.29 is 23.7 Å². The molecular weight excluding hydrogens is 370 g/mol. The number of carbonyl (C=O) groups is 2. The summed E-state index contributed by atoms with van der Waals surface area (Å²) in [6.07, 6.45) is 4.49. The van der Waals surface area contributed by atoms with Crippen LogP contribution in [0.3, 0.4) is 0 Å². The number of thioether (sulfide) groups is 1. The molecule has 1 aliphatic heterocycles. The summed E-state index contributed by atoms with van der Waals surface area (Å²) in [7, 11) is 0. The number of hydrogen-bond donors (Lipinski definition) is 1. The first kappa shape index (κ1) is 18.8. The Morgan fingerprint density at radius 3 is 2.96 bits per heavy atom. The molecule has 0 saturated carbocycles. The maximum Gasteiger partial charge on any atom is 0.433 e. The van der Waals surface area contributed by atoms with Gasteiger partial charge >= 0.3 is 11.9 Å². The summed E-state index contributed by atoms with van der Waals surface area (Å²) in [5, 5.41) is 11.6. The Labute approximate surface area is 151 Å². The summed E-state index contributed by atoms with van der Waals surface area (Å²) in [4.78, 5) is 33.7. The minimum absolute atomic E-state index is 0.181. The third kappa shape index (κ3) is 4.98. The first-order valence-electron chi connectivity index (χ1n) is 7.00. The smallest absolute Gasteiger partial charge is 0.433 e. The van der Waals surface area contributed by atoms with Gasteiger partial charge in [-0.05, 0) is 25.1 Å². The number of nitro groups is 1. The number of nitrogens with zero attached hydrogens (tertiary/aromatic N) is 2. The molecule has 2 rings (SSSR count). The standard InChI is InChI=1S/C14H13N3O6S2/c1-2-22-12(18)8-15-16-13(19)10(25-14(16)24)5-3-4-9-6-7-11(23-9)17(20)21/h3-7,15H,2,8H2,1H3/b4-3+,10-5+. The van der Waals surface area contributed by atoms with Crippen LogP contribution in [0, 0.1) is 10.1 Å². The number of allylic oxidation sites excluding steroid dienone is 2. The fourth-order valence-corrected chi connectivity index (χ4v) is 2.90. The highest BCUT2D eigenvalue weighted by Gasteiger charge is 2.32. The largest absolute Gasteiger partial charge is 0.465 e. The minimum atomic E-state index is -0.641. The third-order valence-corrected chi connectivity index (χ3v) is 4.10. The molecule has 1 N–H and O–H groups in total. The van der Waals surface area contributed by atoms with Crippen LogP contribution in [-0.2, 0) is 14.3 Å². The van der Waals surface area contributed by atoms with Gasteiger partial charge in [-0.3, -0.25) is 19.7 Å². The first-order chi connectivity index (χ1) is 11.9. The molecule has 0 spiro atoms. The fraction of sp³-hybridized carbons (Fsp3) is 0.214. The number of furan rings is 1. The van der Waals surface area contributed by atoms with Gasteiger partial charge in [0.25, 0.3) is 5.91 Å². The molecule has 1 fully saturated rings. The van der Waals surface area contributed by atoms with E-state index in [0.717, 1.165) is 16.8 Å². The summed E-state index contributed by atoms with van der Waals surface area (Å²) in [6.45, 7) is 1.74. The molecule has 1 saturated heterocycles. The van der Waals surface area contributed by atoms with Crippen molar-refractivity contribution >= 4 is 52.1 Å². The first-order valence-corrected chi connectivity index (χ1v) is 8.22. The van der Waals surface area contributed by atoms with Crippen LogP contribution in [0.15, 0.2) is 33.6 Å². The second kappa shape index (κ2) is 8.55. The topological polar surface area (TPSA) is 115 Å². The van der Waals surface area contributed by atoms with Crippen LogP contribution >= 0.6 is 24.0 Å². The number of hydrogen-bond acceptors (Lipinski definition) is 9. The molecular formula is C14H13N3O6S2. The lowest BCUT2D eigenvalue weighted by Gasteiger charge is -2.14. The average Bonchev–Trinajstić information content (AvgIpc) is 3.12. The number of amides is 1. The predicted molar refractivity (Wildman–Crippen MR) is 94.2 cm³/mol. The Hall–Kier alpha value is -2.50. The van der Waals surface area contributed by atoms with Gasteiger partial charge < -0.3 is 9.15 Å². The zero-order chi connectivity index (χ0) is 18.4. The summed E-state index contributed by atoms with van der Waals surface area (Å²) in [6, 6.07) is 2.67. The van der Waals surface area contributed by atoms with Crippen LogP contribution in [-0.4, -0.2) is 39.3 Å². The molecule has 0 aromatic carbocycles. The van der Waals surface area contributed by atoms with Crippen molar-refractivity contribution in [3.05, 3.63) is 45.1 Å². The van der Waals surface area contributed by atoms with E-state index in [9.17, 15) is 19.7 Å². The van der Waals surface area contributed by atoms with E-state index in [-0.39, 0.29) is 29.1 Å². The van der Waals surface area contributed by atoms with Gasteiger partial charge in [0.15, 0.2) is 4.32 Å². The minimum Gasteiger partial charge on any atom is -0.465 e. The Morgan fingerprint density at radius 2 is 2.32 bits per heavy atom. The molecule has 1 aromatic heterocycles. The van der Waals surface area contributed by atoms with Gasteiger partial charge in [0.1, 0.15) is 17.2 Å². The molecule has 11 heteroatoms. The third-order valence-electron chi connectivity index (χ3n) is 2.78. The molecule has 0 bridgehead atoms. The van der Waals surface area contributed by atoms with Gasteiger partial charge in [0, 0.05) is 0 Å². The SMILES string of the molecule is CCOC(=O)CNN1C(=O)/C(=C\C=C\c2ccc([N+](=O)[O-])o2)SC1=S. The molecule has 25 heavy (non-hydrogen) atoms. The van der Waals surface area contributed by atoms with Gasteiger partial charge in [0.05, 0.1) is 17.6 Å². The van der Waals surface area contributed by atoms with E-state index in [1.165, 1.54) is 30.4 Å². The number of esters is 1. The molecule has 1 amide bonds. The summed E-state index contributed by atoms with van der Waals surface area (Å²) in [5.41, 5.74) is 2.61. The molecule has 1 aromatic rings. The lowest BCUT2D eigenvalue weighted by Crippen LogP contribution is -2.44. The number of ether oxygens (including phenoxy) is 1. The average molecular weight is 383 g/mol. The molecule has 0 aliphatic carbocycles. The van der Waals surface area contributed by atoms with Crippen LogP contribution in [0.25, 0.3) is 6.08 Å². The number of thiocarbonyl (C=S) groups is 1. The van der Waals surface area contributed by atoms with Gasteiger partial charge in [-0.2, -0.15) is 0 Å². The highest BCUT2D eigenvalue weighted by atomic mass is 32.2. The van der Waals surface area contributed by atoms with Gasteiger partial charge in [-0.25, -0.2) is 10.4 Å². The Bertz CT molecular complexity index is 770. The lowest BCUT2D eigenvalue weighted by atomic mass is 10.3. The monoisotopic (exact) mass is 383 g/mol. The van der Waals surface area contributed by atoms with Crippen molar-refractivity contribution in [2.75, 3.05) is 13.2 Å². The summed E-state index contributed by atoms with van der Waals surface area (Å²) in [5.74, 6) is -0.998. The van der Waals surface area contributed by atoms with E-state index in [2.05, 4.69) is 5.43 Å². The van der Waals surface area contributed by atoms with E-state index in [4.69, 9.17) is 21.4 Å². The van der Waals surface area contributed by atoms with E-state index in [1.807, 2.05) is 0 Å². The van der Waals surface area contributed by atoms with Gasteiger partial charge in [0.2, 0.25) is 0 Å². The van der Waals surface area contributed by atoms with Crippen molar-refractivity contribution in [1.82, 2.24) is 10.4 Å². The second-order valence-corrected chi connectivity index (χ2v) is 6.15. The van der Waals surface area contributed by atoms with E-state index in [1.54, 1.807) is 6.92 Å². The zero-order valence-electron chi connectivity index (χ0n) is 13.0. The summed E-state index contributed by atoms with van der Waals surface area (Å²) >= 11 is 6.14. The zero-order valence-corrected chi connectivity index (χ0v) is 14.6. The number of carbonyl (C=O) groups excluding carboxylic acids is 2. The van der Waals surface area contributed by atoms with Crippen LogP contribution < -0.4 is 5.43 Å². The quantitative estimate of drug-likeness (QED) is 0.248. The second-order valence-electron chi connectivity index (χ2n) is 4.47. The Kier molecular flexibility index (Phi) is 6.44. The lowest BCUT2D eigenvalue weighted by molar-refractivity contribution is -0.402. The molecule has 1 aliphatic rings. The molecule has 132 valence electrons. The van der Waals surface area contributed by atoms with Crippen LogP contribution in [0.4, 0.5) is 5.88 Å². The normalized spacial score (nSPS) is 16.2. The van der Waals surface area contributed by atoms with E-state index >= 15 is 0 Å². The van der Waals surface area contributed by atoms with E-state index < -0.39 is 16.8 Å². The fourth-order valence-electron chi connectivity index (χ4n) is 1.73. The van der Waals surface area contributed by atoms with E-state index in [0.29, 0.717) is 4.91 Å². The van der Waals surface area contributed by atoms with Gasteiger partial charge in [-0.15, -0.1) is 0 Å². The van der Waals surface area contributed by atoms with Crippen LogP contribution in [0.2, 0.25) is 0 Å². The number of rotatable bonds is 7. The van der Waals surface area contributed by atoms with Crippen molar-refractivity contribution in [2.45, 2.75) is 6.92 Å². The predicted octanol–water partition coefficient (Wildman–Crippen LogP) is 2.01. The Balaban J connectivity index is 1.97. The number of nitrogens with one attached hydrogen (secondary N) is 1. The van der Waals surface area contributed by atoms with Crippen LogP contribution in [0.5, 0.6) is 0 Å².